The van der Waals surface area contributed by atoms with Gasteiger partial charge in [0.15, 0.2) is 5.69 Å². The van der Waals surface area contributed by atoms with Gasteiger partial charge in [0.2, 0.25) is 0 Å². The van der Waals surface area contributed by atoms with Crippen LogP contribution in [0.5, 0.6) is 0 Å². The van der Waals surface area contributed by atoms with Crippen molar-refractivity contribution in [2.45, 2.75) is 26.1 Å². The van der Waals surface area contributed by atoms with Crippen LogP contribution < -0.4 is 0 Å². The summed E-state index contributed by atoms with van der Waals surface area (Å²) in [5, 5.41) is 5.88. The highest BCUT2D eigenvalue weighted by Crippen LogP contribution is 2.28. The smallest absolute Gasteiger partial charge is 0.274 e. The summed E-state index contributed by atoms with van der Waals surface area (Å²) in [5.41, 5.74) is 5.05. The van der Waals surface area contributed by atoms with Gasteiger partial charge in [0.1, 0.15) is 5.01 Å². The molecule has 1 aliphatic heterocycles. The minimum absolute atomic E-state index is 0.0371. The molecule has 2 aromatic heterocycles. The Morgan fingerprint density at radius 1 is 1.06 bits per heavy atom. The average Bonchev–Trinajstić information content (AvgIpc) is 3.34. The Kier molecular flexibility index (Phi) is 5.29. The van der Waals surface area contributed by atoms with Crippen molar-refractivity contribution in [2.24, 2.45) is 0 Å². The number of aromatic nitrogens is 3. The Balaban J connectivity index is 1.43. The molecule has 5 rings (SSSR count). The largest absolute Gasteiger partial charge is 0.343 e. The van der Waals surface area contributed by atoms with Crippen molar-refractivity contribution in [1.82, 2.24) is 24.6 Å². The molecule has 1 aliphatic rings. The van der Waals surface area contributed by atoms with E-state index in [2.05, 4.69) is 35.2 Å². The Morgan fingerprint density at radius 3 is 2.61 bits per heavy atom. The Morgan fingerprint density at radius 2 is 1.84 bits per heavy atom. The van der Waals surface area contributed by atoms with Gasteiger partial charge in [0.05, 0.1) is 23.3 Å². The molecule has 0 atom stereocenters. The third-order valence-corrected chi connectivity index (χ3v) is 6.72. The number of carbonyl (C=O) groups excluding carboxylic acids is 1. The van der Waals surface area contributed by atoms with Crippen molar-refractivity contribution in [3.63, 3.8) is 0 Å². The van der Waals surface area contributed by atoms with Crippen LogP contribution in [0.3, 0.4) is 0 Å². The highest BCUT2D eigenvalue weighted by atomic mass is 32.1. The maximum Gasteiger partial charge on any atom is 0.274 e. The average molecular weight is 432 g/mol. The van der Waals surface area contributed by atoms with Crippen molar-refractivity contribution in [3.8, 4) is 0 Å². The number of carbonyl (C=O) groups is 1. The third kappa shape index (κ3) is 3.98. The second-order valence-corrected chi connectivity index (χ2v) is 9.27. The maximum atomic E-state index is 12.9. The quantitative estimate of drug-likeness (QED) is 0.482. The molecule has 1 amide bonds. The first-order chi connectivity index (χ1) is 15.1. The van der Waals surface area contributed by atoms with Crippen LogP contribution in [0.25, 0.3) is 10.2 Å². The number of thiazole rings is 1. The van der Waals surface area contributed by atoms with E-state index in [9.17, 15) is 4.79 Å². The fraction of sp³-hybridized carbons (Fsp3) is 0.292. The fourth-order valence-corrected chi connectivity index (χ4v) is 5.14. The molecule has 6 nitrogen and oxygen atoms in total. The van der Waals surface area contributed by atoms with E-state index in [-0.39, 0.29) is 5.91 Å². The maximum absolute atomic E-state index is 12.9. The van der Waals surface area contributed by atoms with Crippen molar-refractivity contribution in [3.05, 3.63) is 82.1 Å². The molecule has 3 heterocycles. The van der Waals surface area contributed by atoms with Crippen molar-refractivity contribution < 1.29 is 4.79 Å². The van der Waals surface area contributed by atoms with Gasteiger partial charge >= 0.3 is 0 Å². The molecular weight excluding hydrogens is 406 g/mol. The standard InChI is InChI=1S/C24H25N5OS/c1-27(2)24(30)23-18-15-28(16-22-25-19-10-6-7-11-21(19)31-22)13-12-20(18)29(26-23)14-17-8-4-3-5-9-17/h3-11H,12-16H2,1-2H3. The number of nitrogens with zero attached hydrogens (tertiary/aromatic N) is 5. The molecule has 7 heteroatoms. The number of hydrogen-bond donors (Lipinski definition) is 0. The molecule has 31 heavy (non-hydrogen) atoms. The van der Waals surface area contributed by atoms with E-state index in [4.69, 9.17) is 10.1 Å². The predicted octanol–water partition coefficient (Wildman–Crippen LogP) is 3.80. The molecule has 0 saturated heterocycles. The normalized spacial score (nSPS) is 14.0. The summed E-state index contributed by atoms with van der Waals surface area (Å²) in [7, 11) is 3.57. The van der Waals surface area contributed by atoms with Crippen molar-refractivity contribution in [2.75, 3.05) is 20.6 Å². The topological polar surface area (TPSA) is 54.3 Å². The first-order valence-electron chi connectivity index (χ1n) is 10.5. The van der Waals surface area contributed by atoms with Crippen LogP contribution in [0.2, 0.25) is 0 Å². The molecule has 0 fully saturated rings. The molecule has 0 radical (unpaired) electrons. The number of amides is 1. The molecule has 4 aromatic rings. The monoisotopic (exact) mass is 431 g/mol. The van der Waals surface area contributed by atoms with Gasteiger partial charge in [-0.05, 0) is 17.7 Å². The van der Waals surface area contributed by atoms with Crippen LogP contribution in [0.1, 0.15) is 32.3 Å². The fourth-order valence-electron chi connectivity index (χ4n) is 4.13. The van der Waals surface area contributed by atoms with E-state index >= 15 is 0 Å². The van der Waals surface area contributed by atoms with Crippen LogP contribution in [0.4, 0.5) is 0 Å². The number of hydrogen-bond acceptors (Lipinski definition) is 5. The minimum atomic E-state index is -0.0371. The Labute approximate surface area is 185 Å². The van der Waals surface area contributed by atoms with Gasteiger partial charge in [-0.3, -0.25) is 14.4 Å². The summed E-state index contributed by atoms with van der Waals surface area (Å²) in [6.45, 7) is 3.12. The molecule has 0 bridgehead atoms. The summed E-state index contributed by atoms with van der Waals surface area (Å²) in [6.07, 6.45) is 0.876. The van der Waals surface area contributed by atoms with Gasteiger partial charge in [0, 0.05) is 44.9 Å². The van der Waals surface area contributed by atoms with E-state index < -0.39 is 0 Å². The number of fused-ring (bicyclic) bond motifs is 2. The van der Waals surface area contributed by atoms with Crippen LogP contribution in [0.15, 0.2) is 54.6 Å². The number of benzene rings is 2. The zero-order valence-electron chi connectivity index (χ0n) is 17.8. The van der Waals surface area contributed by atoms with E-state index in [0.717, 1.165) is 42.1 Å². The summed E-state index contributed by atoms with van der Waals surface area (Å²) in [6, 6.07) is 18.6. The van der Waals surface area contributed by atoms with Gasteiger partial charge < -0.3 is 4.90 Å². The second-order valence-electron chi connectivity index (χ2n) is 8.15. The highest BCUT2D eigenvalue weighted by Gasteiger charge is 2.29. The van der Waals surface area contributed by atoms with Gasteiger partial charge in [-0.2, -0.15) is 5.10 Å². The van der Waals surface area contributed by atoms with Gasteiger partial charge in [0.25, 0.3) is 5.91 Å². The van der Waals surface area contributed by atoms with Crippen LogP contribution >= 0.6 is 11.3 Å². The Bertz CT molecular complexity index is 1190. The first-order valence-corrected chi connectivity index (χ1v) is 11.3. The van der Waals surface area contributed by atoms with E-state index in [1.165, 1.54) is 16.0 Å². The van der Waals surface area contributed by atoms with Gasteiger partial charge in [-0.1, -0.05) is 42.5 Å². The lowest BCUT2D eigenvalue weighted by Crippen LogP contribution is -2.32. The Hall–Kier alpha value is -3.03. The van der Waals surface area contributed by atoms with Gasteiger partial charge in [-0.25, -0.2) is 4.98 Å². The van der Waals surface area contributed by atoms with Crippen LogP contribution in [-0.2, 0) is 26.1 Å². The summed E-state index contributed by atoms with van der Waals surface area (Å²) in [4.78, 5) is 21.7. The van der Waals surface area contributed by atoms with Crippen LogP contribution in [-0.4, -0.2) is 51.1 Å². The molecule has 0 N–H and O–H groups in total. The van der Waals surface area contributed by atoms with Crippen molar-refractivity contribution >= 4 is 27.5 Å². The SMILES string of the molecule is CN(C)C(=O)c1nn(Cc2ccccc2)c2c1CN(Cc1nc3ccccc3s1)CC2. The first kappa shape index (κ1) is 19.9. The molecule has 0 unspecified atom stereocenters. The molecular formula is C24H25N5OS. The molecule has 0 aliphatic carbocycles. The van der Waals surface area contributed by atoms with E-state index in [1.54, 1.807) is 30.3 Å². The van der Waals surface area contributed by atoms with Gasteiger partial charge in [-0.15, -0.1) is 11.3 Å². The number of rotatable bonds is 5. The predicted molar refractivity (Wildman–Crippen MR) is 123 cm³/mol. The summed E-state index contributed by atoms with van der Waals surface area (Å²) >= 11 is 1.75. The number of para-hydroxylation sites is 1. The zero-order valence-corrected chi connectivity index (χ0v) is 18.6. The lowest BCUT2D eigenvalue weighted by Gasteiger charge is -2.27. The molecule has 0 saturated carbocycles. The van der Waals surface area contributed by atoms with Crippen LogP contribution in [0, 0.1) is 0 Å². The zero-order chi connectivity index (χ0) is 21.4. The lowest BCUT2D eigenvalue weighted by molar-refractivity contribution is 0.0818. The molecule has 2 aromatic carbocycles. The highest BCUT2D eigenvalue weighted by molar-refractivity contribution is 7.18. The minimum Gasteiger partial charge on any atom is -0.343 e. The van der Waals surface area contributed by atoms with E-state index in [1.807, 2.05) is 28.9 Å². The van der Waals surface area contributed by atoms with E-state index in [0.29, 0.717) is 12.2 Å². The summed E-state index contributed by atoms with van der Waals surface area (Å²) < 4.78 is 3.24. The molecule has 0 spiro atoms. The summed E-state index contributed by atoms with van der Waals surface area (Å²) in [5.74, 6) is -0.0371. The van der Waals surface area contributed by atoms with Crippen molar-refractivity contribution in [1.29, 1.82) is 0 Å². The molecule has 158 valence electrons. The third-order valence-electron chi connectivity index (χ3n) is 5.69. The second kappa shape index (κ2) is 8.24. The lowest BCUT2D eigenvalue weighted by atomic mass is 10.0.